The van der Waals surface area contributed by atoms with Crippen molar-refractivity contribution in [1.82, 2.24) is 9.78 Å². The first-order chi connectivity index (χ1) is 9.38. The molecule has 6 nitrogen and oxygen atoms in total. The van der Waals surface area contributed by atoms with Crippen molar-refractivity contribution in [2.24, 2.45) is 7.05 Å². The van der Waals surface area contributed by atoms with Gasteiger partial charge in [-0.25, -0.2) is 4.79 Å². The van der Waals surface area contributed by atoms with E-state index in [-0.39, 0.29) is 11.3 Å². The summed E-state index contributed by atoms with van der Waals surface area (Å²) in [5, 5.41) is 16.0. The maximum atomic E-state index is 12.1. The molecule has 0 aliphatic carbocycles. The molecule has 1 heterocycles. The molecule has 0 radical (unpaired) electrons. The molecule has 0 aliphatic rings. The number of amides is 1. The molecule has 7 heteroatoms. The number of aromatic carboxylic acids is 1. The predicted molar refractivity (Wildman–Crippen MR) is 74.3 cm³/mol. The maximum Gasteiger partial charge on any atom is 0.337 e. The van der Waals surface area contributed by atoms with Crippen LogP contribution in [-0.4, -0.2) is 26.8 Å². The highest BCUT2D eigenvalue weighted by Crippen LogP contribution is 2.22. The lowest BCUT2D eigenvalue weighted by Gasteiger charge is -2.09. The first-order valence-electron chi connectivity index (χ1n) is 5.73. The summed E-state index contributed by atoms with van der Waals surface area (Å²) in [6, 6.07) is 5.80. The number of carboxylic acid groups (broad SMARTS) is 1. The second-order valence-corrected chi connectivity index (χ2v) is 4.68. The van der Waals surface area contributed by atoms with Gasteiger partial charge in [0, 0.05) is 12.1 Å². The Bertz CT molecular complexity index is 694. The summed E-state index contributed by atoms with van der Waals surface area (Å²) >= 11 is 5.82. The number of carbonyl (C=O) groups is 2. The molecule has 1 amide bonds. The van der Waals surface area contributed by atoms with Gasteiger partial charge in [0.25, 0.3) is 5.91 Å². The quantitative estimate of drug-likeness (QED) is 0.909. The molecule has 0 fully saturated rings. The summed E-state index contributed by atoms with van der Waals surface area (Å²) in [6.45, 7) is 1.76. The van der Waals surface area contributed by atoms with Crippen molar-refractivity contribution in [3.05, 3.63) is 46.2 Å². The Labute approximate surface area is 120 Å². The molecule has 0 atom stereocenters. The molecule has 0 aliphatic heterocycles. The van der Waals surface area contributed by atoms with Gasteiger partial charge in [-0.1, -0.05) is 11.6 Å². The molecule has 2 rings (SSSR count). The van der Waals surface area contributed by atoms with Gasteiger partial charge in [0.05, 0.1) is 16.9 Å². The third kappa shape index (κ3) is 2.80. The summed E-state index contributed by atoms with van der Waals surface area (Å²) in [6.07, 6.45) is 0. The van der Waals surface area contributed by atoms with Crippen LogP contribution in [0.5, 0.6) is 0 Å². The Morgan fingerprint density at radius 1 is 1.35 bits per heavy atom. The number of aromatic nitrogens is 2. The first-order valence-corrected chi connectivity index (χ1v) is 6.11. The highest BCUT2D eigenvalue weighted by Gasteiger charge is 2.16. The fourth-order valence-corrected chi connectivity index (χ4v) is 1.99. The average Bonchev–Trinajstić information content (AvgIpc) is 2.68. The summed E-state index contributed by atoms with van der Waals surface area (Å²) < 4.78 is 1.43. The molecule has 0 spiro atoms. The minimum atomic E-state index is -1.14. The number of nitrogens with zero attached hydrogens (tertiary/aromatic N) is 2. The molecule has 1 aromatic carbocycles. The standard InChI is InChI=1S/C13H12ClN3O3/c1-7-5-11(17(2)16-7)12(18)15-10-6-8(14)3-4-9(10)13(19)20/h3-6H,1-2H3,(H,15,18)(H,19,20). The van der Waals surface area contributed by atoms with E-state index in [0.717, 1.165) is 0 Å². The van der Waals surface area contributed by atoms with Crippen molar-refractivity contribution in [1.29, 1.82) is 0 Å². The number of anilines is 1. The second-order valence-electron chi connectivity index (χ2n) is 4.24. The lowest BCUT2D eigenvalue weighted by atomic mass is 10.1. The van der Waals surface area contributed by atoms with Crippen LogP contribution in [-0.2, 0) is 7.05 Å². The molecule has 0 saturated heterocycles. The van der Waals surface area contributed by atoms with E-state index in [1.165, 1.54) is 22.9 Å². The van der Waals surface area contributed by atoms with Crippen LogP contribution in [0, 0.1) is 6.92 Å². The van der Waals surface area contributed by atoms with Gasteiger partial charge in [0.2, 0.25) is 0 Å². The van der Waals surface area contributed by atoms with Gasteiger partial charge in [-0.05, 0) is 31.2 Å². The van der Waals surface area contributed by atoms with Crippen LogP contribution in [0.4, 0.5) is 5.69 Å². The van der Waals surface area contributed by atoms with Crippen LogP contribution in [0.1, 0.15) is 26.5 Å². The third-order valence-corrected chi connectivity index (χ3v) is 2.93. The van der Waals surface area contributed by atoms with E-state index in [4.69, 9.17) is 16.7 Å². The van der Waals surface area contributed by atoms with Crippen molar-refractivity contribution in [3.8, 4) is 0 Å². The zero-order valence-electron chi connectivity index (χ0n) is 10.8. The van der Waals surface area contributed by atoms with Gasteiger partial charge in [-0.15, -0.1) is 0 Å². The Balaban J connectivity index is 2.34. The van der Waals surface area contributed by atoms with Crippen LogP contribution in [0.25, 0.3) is 0 Å². The molecule has 0 saturated carbocycles. The Hall–Kier alpha value is -2.34. The van der Waals surface area contributed by atoms with Gasteiger partial charge in [-0.3, -0.25) is 9.48 Å². The molecule has 0 unspecified atom stereocenters. The topological polar surface area (TPSA) is 84.2 Å². The predicted octanol–water partition coefficient (Wildman–Crippen LogP) is 2.33. The molecule has 2 N–H and O–H groups in total. The minimum absolute atomic E-state index is 0.0263. The van der Waals surface area contributed by atoms with Gasteiger partial charge < -0.3 is 10.4 Å². The van der Waals surface area contributed by atoms with E-state index in [9.17, 15) is 9.59 Å². The van der Waals surface area contributed by atoms with Gasteiger partial charge in [0.15, 0.2) is 0 Å². The lowest BCUT2D eigenvalue weighted by molar-refractivity contribution is 0.0698. The molecular formula is C13H12ClN3O3. The number of nitrogens with one attached hydrogen (secondary N) is 1. The van der Waals surface area contributed by atoms with E-state index in [1.54, 1.807) is 20.0 Å². The van der Waals surface area contributed by atoms with E-state index in [1.807, 2.05) is 0 Å². The Morgan fingerprint density at radius 3 is 2.60 bits per heavy atom. The Morgan fingerprint density at radius 2 is 2.05 bits per heavy atom. The second kappa shape index (κ2) is 5.34. The van der Waals surface area contributed by atoms with Crippen molar-refractivity contribution in [2.75, 3.05) is 5.32 Å². The van der Waals surface area contributed by atoms with E-state index < -0.39 is 11.9 Å². The Kier molecular flexibility index (Phi) is 3.76. The molecule has 1 aromatic heterocycles. The summed E-state index contributed by atoms with van der Waals surface area (Å²) in [7, 11) is 1.64. The summed E-state index contributed by atoms with van der Waals surface area (Å²) in [5.74, 6) is -1.59. The number of carboxylic acids is 1. The highest BCUT2D eigenvalue weighted by atomic mass is 35.5. The third-order valence-electron chi connectivity index (χ3n) is 2.69. The van der Waals surface area contributed by atoms with Gasteiger partial charge in [0.1, 0.15) is 5.69 Å². The first kappa shape index (κ1) is 14.1. The van der Waals surface area contributed by atoms with Gasteiger partial charge in [-0.2, -0.15) is 5.10 Å². The van der Waals surface area contributed by atoms with E-state index in [2.05, 4.69) is 10.4 Å². The molecule has 104 valence electrons. The molecule has 0 bridgehead atoms. The van der Waals surface area contributed by atoms with Crippen molar-refractivity contribution >= 4 is 29.2 Å². The van der Waals surface area contributed by atoms with Crippen molar-refractivity contribution in [3.63, 3.8) is 0 Å². The normalized spacial score (nSPS) is 10.3. The zero-order valence-corrected chi connectivity index (χ0v) is 11.6. The summed E-state index contributed by atoms with van der Waals surface area (Å²) in [5.41, 5.74) is 1.15. The lowest BCUT2D eigenvalue weighted by Crippen LogP contribution is -2.18. The number of rotatable bonds is 3. The smallest absolute Gasteiger partial charge is 0.337 e. The minimum Gasteiger partial charge on any atom is -0.478 e. The van der Waals surface area contributed by atoms with E-state index >= 15 is 0 Å². The maximum absolute atomic E-state index is 12.1. The SMILES string of the molecule is Cc1cc(C(=O)Nc2cc(Cl)ccc2C(=O)O)n(C)n1. The van der Waals surface area contributed by atoms with Crippen molar-refractivity contribution < 1.29 is 14.7 Å². The highest BCUT2D eigenvalue weighted by molar-refractivity contribution is 6.31. The van der Waals surface area contributed by atoms with Gasteiger partial charge >= 0.3 is 5.97 Å². The van der Waals surface area contributed by atoms with E-state index in [0.29, 0.717) is 16.4 Å². The number of carbonyl (C=O) groups excluding carboxylic acids is 1. The zero-order chi connectivity index (χ0) is 14.9. The van der Waals surface area contributed by atoms with Crippen LogP contribution in [0.2, 0.25) is 5.02 Å². The molecular weight excluding hydrogens is 282 g/mol. The van der Waals surface area contributed by atoms with Crippen molar-refractivity contribution in [2.45, 2.75) is 6.92 Å². The number of benzene rings is 1. The number of hydrogen-bond donors (Lipinski definition) is 2. The number of aryl methyl sites for hydroxylation is 2. The fraction of sp³-hybridized carbons (Fsp3) is 0.154. The van der Waals surface area contributed by atoms with Crippen LogP contribution in [0.15, 0.2) is 24.3 Å². The fourth-order valence-electron chi connectivity index (χ4n) is 1.82. The molecule has 2 aromatic rings. The monoisotopic (exact) mass is 293 g/mol. The average molecular weight is 294 g/mol. The summed E-state index contributed by atoms with van der Waals surface area (Å²) in [4.78, 5) is 23.2. The number of halogens is 1. The van der Waals surface area contributed by atoms with Crippen LogP contribution < -0.4 is 5.32 Å². The van der Waals surface area contributed by atoms with Crippen LogP contribution >= 0.6 is 11.6 Å². The number of hydrogen-bond acceptors (Lipinski definition) is 3. The largest absolute Gasteiger partial charge is 0.478 e. The molecule has 20 heavy (non-hydrogen) atoms. The van der Waals surface area contributed by atoms with Crippen LogP contribution in [0.3, 0.4) is 0 Å².